The average molecular weight is 587 g/mol. The predicted octanol–water partition coefficient (Wildman–Crippen LogP) is 3.29. The number of hydrogen-bond acceptors (Lipinski definition) is 8. The van der Waals surface area contributed by atoms with Gasteiger partial charge in [-0.05, 0) is 47.9 Å². The van der Waals surface area contributed by atoms with E-state index in [1.165, 1.54) is 10.8 Å². The molecule has 0 unspecified atom stereocenters. The number of ether oxygens (including phenoxy) is 5. The van der Waals surface area contributed by atoms with Gasteiger partial charge in [-0.2, -0.15) is 0 Å². The van der Waals surface area contributed by atoms with E-state index >= 15 is 0 Å². The molecule has 0 amide bonds. The summed E-state index contributed by atoms with van der Waals surface area (Å²) >= 11 is 0. The van der Waals surface area contributed by atoms with E-state index in [4.69, 9.17) is 23.7 Å². The van der Waals surface area contributed by atoms with Gasteiger partial charge in [-0.15, -0.1) is 0 Å². The molecule has 3 aromatic carbocycles. The summed E-state index contributed by atoms with van der Waals surface area (Å²) in [7, 11) is 3.23. The molecule has 224 valence electrons. The highest BCUT2D eigenvalue weighted by atomic mass is 16.6. The number of aromatic amines is 1. The molecule has 2 saturated heterocycles. The molecule has 1 spiro atoms. The Morgan fingerprint density at radius 2 is 1.49 bits per heavy atom. The lowest BCUT2D eigenvalue weighted by Crippen LogP contribution is -2.58. The Bertz CT molecular complexity index is 1630. The van der Waals surface area contributed by atoms with E-state index < -0.39 is 40.9 Å². The van der Waals surface area contributed by atoms with Crippen molar-refractivity contribution in [3.8, 4) is 11.5 Å². The topological polar surface area (TPSA) is 121 Å². The number of H-pyrrole nitrogens is 1. The maximum Gasteiger partial charge on any atom is 0.330 e. The molecule has 10 nitrogen and oxygen atoms in total. The molecule has 4 aromatic rings. The standard InChI is InChI=1S/C33H34N2O8/c1-21-19-35(31(38)34-29(21)37)30-32(17-18-41-32)28(36)27(43-30)20-42-33(22-7-5-4-6-8-22,23-9-13-25(39-2)14-10-23)24-11-15-26(40-3)16-12-24/h4-16,19,27-28,30,36H,17-18,20H2,1-3H3,(H,34,37,38)/t27-,28-,30-,32-/m1/s1. The average Bonchev–Trinajstić information content (AvgIpc) is 3.32. The van der Waals surface area contributed by atoms with E-state index in [2.05, 4.69) is 4.98 Å². The molecular formula is C33H34N2O8. The molecule has 43 heavy (non-hydrogen) atoms. The molecule has 0 saturated carbocycles. The van der Waals surface area contributed by atoms with Crippen molar-refractivity contribution in [2.75, 3.05) is 27.4 Å². The first-order valence-corrected chi connectivity index (χ1v) is 14.1. The molecule has 2 N–H and O–H groups in total. The summed E-state index contributed by atoms with van der Waals surface area (Å²) in [5, 5.41) is 11.6. The highest BCUT2D eigenvalue weighted by molar-refractivity contribution is 5.49. The number of aromatic nitrogens is 2. The molecular weight excluding hydrogens is 552 g/mol. The van der Waals surface area contributed by atoms with Crippen molar-refractivity contribution in [3.05, 3.63) is 128 Å². The van der Waals surface area contributed by atoms with Crippen LogP contribution >= 0.6 is 0 Å². The summed E-state index contributed by atoms with van der Waals surface area (Å²) in [6.45, 7) is 1.97. The molecule has 0 aliphatic carbocycles. The molecule has 0 bridgehead atoms. The van der Waals surface area contributed by atoms with E-state index in [9.17, 15) is 14.7 Å². The number of benzene rings is 3. The molecule has 0 radical (unpaired) electrons. The highest BCUT2D eigenvalue weighted by Gasteiger charge is 2.62. The Labute approximate surface area is 248 Å². The molecule has 2 aliphatic heterocycles. The van der Waals surface area contributed by atoms with Crippen molar-refractivity contribution >= 4 is 0 Å². The van der Waals surface area contributed by atoms with Crippen LogP contribution in [0.1, 0.15) is 34.9 Å². The lowest BCUT2D eigenvalue weighted by molar-refractivity contribution is -0.227. The lowest BCUT2D eigenvalue weighted by Gasteiger charge is -2.44. The Kier molecular flexibility index (Phi) is 7.70. The molecule has 2 fully saturated rings. The minimum absolute atomic E-state index is 0.0488. The van der Waals surface area contributed by atoms with Gasteiger partial charge in [0.1, 0.15) is 34.9 Å². The van der Waals surface area contributed by atoms with Crippen LogP contribution < -0.4 is 20.7 Å². The van der Waals surface area contributed by atoms with Gasteiger partial charge in [0.05, 0.1) is 27.4 Å². The van der Waals surface area contributed by atoms with E-state index in [0.717, 1.165) is 16.7 Å². The molecule has 4 atom stereocenters. The maximum atomic E-state index is 12.8. The van der Waals surface area contributed by atoms with Crippen LogP contribution in [0.25, 0.3) is 0 Å². The van der Waals surface area contributed by atoms with Gasteiger partial charge >= 0.3 is 5.69 Å². The summed E-state index contributed by atoms with van der Waals surface area (Å²) in [4.78, 5) is 27.2. The molecule has 6 rings (SSSR count). The van der Waals surface area contributed by atoms with Gasteiger partial charge in [0.2, 0.25) is 0 Å². The van der Waals surface area contributed by atoms with Gasteiger partial charge in [-0.3, -0.25) is 14.3 Å². The first-order chi connectivity index (χ1) is 20.8. The van der Waals surface area contributed by atoms with Gasteiger partial charge in [-0.25, -0.2) is 4.79 Å². The van der Waals surface area contributed by atoms with Crippen LogP contribution in [0.15, 0.2) is 94.6 Å². The van der Waals surface area contributed by atoms with Gasteiger partial charge in [-0.1, -0.05) is 54.6 Å². The first-order valence-electron chi connectivity index (χ1n) is 14.1. The Hall–Kier alpha value is -4.22. The van der Waals surface area contributed by atoms with Crippen LogP contribution in [-0.4, -0.2) is 59.9 Å². The third kappa shape index (κ3) is 4.86. The zero-order valence-corrected chi connectivity index (χ0v) is 24.2. The van der Waals surface area contributed by atoms with Crippen molar-refractivity contribution in [1.29, 1.82) is 0 Å². The number of aliphatic hydroxyl groups is 1. The second-order valence-corrected chi connectivity index (χ2v) is 10.8. The number of hydrogen-bond donors (Lipinski definition) is 2. The quantitative estimate of drug-likeness (QED) is 0.287. The Morgan fingerprint density at radius 1 is 0.930 bits per heavy atom. The van der Waals surface area contributed by atoms with Crippen molar-refractivity contribution in [2.24, 2.45) is 0 Å². The van der Waals surface area contributed by atoms with E-state index in [1.54, 1.807) is 21.1 Å². The number of nitrogens with one attached hydrogen (secondary N) is 1. The number of rotatable bonds is 9. The molecule has 1 aromatic heterocycles. The largest absolute Gasteiger partial charge is 0.497 e. The Balaban J connectivity index is 1.42. The van der Waals surface area contributed by atoms with Crippen LogP contribution in [0, 0.1) is 6.92 Å². The second kappa shape index (κ2) is 11.5. The third-order valence-electron chi connectivity index (χ3n) is 8.47. The zero-order valence-electron chi connectivity index (χ0n) is 24.2. The van der Waals surface area contributed by atoms with Gasteiger partial charge < -0.3 is 28.8 Å². The smallest absolute Gasteiger partial charge is 0.330 e. The summed E-state index contributed by atoms with van der Waals surface area (Å²) < 4.78 is 31.4. The number of aliphatic hydroxyl groups excluding tert-OH is 1. The van der Waals surface area contributed by atoms with E-state index in [1.807, 2.05) is 78.9 Å². The monoisotopic (exact) mass is 586 g/mol. The van der Waals surface area contributed by atoms with Crippen LogP contribution in [0.3, 0.4) is 0 Å². The zero-order chi connectivity index (χ0) is 30.2. The lowest BCUT2D eigenvalue weighted by atomic mass is 9.79. The van der Waals surface area contributed by atoms with Crippen LogP contribution in [-0.2, 0) is 19.8 Å². The number of nitrogens with zero attached hydrogens (tertiary/aromatic N) is 1. The molecule has 3 heterocycles. The third-order valence-corrected chi connectivity index (χ3v) is 8.47. The SMILES string of the molecule is COc1ccc(C(OC[C@H]2O[C@@H](n3cc(C)c(=O)[nH]c3=O)[C@@]3(CCO3)[C@@H]2O)(c2ccccc2)c2ccc(OC)cc2)cc1. The summed E-state index contributed by atoms with van der Waals surface area (Å²) in [5.74, 6) is 1.40. The minimum atomic E-state index is -1.15. The predicted molar refractivity (Wildman–Crippen MR) is 158 cm³/mol. The van der Waals surface area contributed by atoms with Crippen molar-refractivity contribution in [2.45, 2.75) is 43.0 Å². The minimum Gasteiger partial charge on any atom is -0.497 e. The molecule has 2 aliphatic rings. The van der Waals surface area contributed by atoms with Crippen molar-refractivity contribution in [3.63, 3.8) is 0 Å². The van der Waals surface area contributed by atoms with Crippen LogP contribution in [0.4, 0.5) is 0 Å². The van der Waals surface area contributed by atoms with Gasteiger partial charge in [0, 0.05) is 18.2 Å². The van der Waals surface area contributed by atoms with Crippen LogP contribution in [0.2, 0.25) is 0 Å². The van der Waals surface area contributed by atoms with E-state index in [0.29, 0.717) is 30.1 Å². The maximum absolute atomic E-state index is 12.8. The Morgan fingerprint density at radius 3 is 2.00 bits per heavy atom. The fourth-order valence-corrected chi connectivity index (χ4v) is 6.05. The van der Waals surface area contributed by atoms with Gasteiger partial charge in [0.25, 0.3) is 5.56 Å². The first kappa shape index (κ1) is 28.9. The normalized spacial score (nSPS) is 23.2. The fraction of sp³-hybridized carbons (Fsp3) is 0.333. The summed E-state index contributed by atoms with van der Waals surface area (Å²) in [6, 6.07) is 25.1. The summed E-state index contributed by atoms with van der Waals surface area (Å²) in [6.07, 6.45) is -1.01. The van der Waals surface area contributed by atoms with Crippen molar-refractivity contribution < 1.29 is 28.8 Å². The van der Waals surface area contributed by atoms with Crippen molar-refractivity contribution in [1.82, 2.24) is 9.55 Å². The number of methoxy groups -OCH3 is 2. The number of aryl methyl sites for hydroxylation is 1. The highest BCUT2D eigenvalue weighted by Crippen LogP contribution is 2.49. The van der Waals surface area contributed by atoms with E-state index in [-0.39, 0.29) is 6.61 Å². The fourth-order valence-electron chi connectivity index (χ4n) is 6.05. The second-order valence-electron chi connectivity index (χ2n) is 10.8. The molecule has 10 heteroatoms. The van der Waals surface area contributed by atoms with Gasteiger partial charge in [0.15, 0.2) is 6.23 Å². The summed E-state index contributed by atoms with van der Waals surface area (Å²) in [5.41, 5.74) is -0.538. The van der Waals surface area contributed by atoms with Crippen LogP contribution in [0.5, 0.6) is 11.5 Å².